The summed E-state index contributed by atoms with van der Waals surface area (Å²) in [6.45, 7) is 0. The predicted octanol–water partition coefficient (Wildman–Crippen LogP) is 4.09. The molecule has 0 bridgehead atoms. The molecular weight excluding hydrogens is 468 g/mol. The van der Waals surface area contributed by atoms with Crippen LogP contribution in [0.3, 0.4) is 0 Å². The van der Waals surface area contributed by atoms with Crippen molar-refractivity contribution in [3.05, 3.63) is 53.9 Å². The van der Waals surface area contributed by atoms with Gasteiger partial charge in [-0.2, -0.15) is 20.8 Å². The molecule has 1 aromatic carbocycles. The van der Waals surface area contributed by atoms with Crippen LogP contribution in [0.25, 0.3) is 0 Å². The number of aromatic nitrogens is 4. The second-order valence-electron chi connectivity index (χ2n) is 9.60. The molecule has 37 heavy (non-hydrogen) atoms. The number of nitrogens with two attached hydrogens (primary N) is 1. The first-order valence-corrected chi connectivity index (χ1v) is 12.8. The molecule has 0 amide bonds. The van der Waals surface area contributed by atoms with Crippen LogP contribution in [0.1, 0.15) is 68.5 Å². The van der Waals surface area contributed by atoms with Crippen LogP contribution in [-0.2, 0) is 0 Å². The molecule has 2 aliphatic rings. The van der Waals surface area contributed by atoms with Crippen molar-refractivity contribution >= 4 is 23.5 Å². The fraction of sp³-hybridized carbons (Fsp3) is 0.423. The summed E-state index contributed by atoms with van der Waals surface area (Å²) < 4.78 is 0. The number of guanidine groups is 1. The Kier molecular flexibility index (Phi) is 7.64. The smallest absolute Gasteiger partial charge is 0.224 e. The molecule has 2 atom stereocenters. The maximum Gasteiger partial charge on any atom is 0.224 e. The number of hydroxylamine groups is 1. The highest BCUT2D eigenvalue weighted by molar-refractivity contribution is 5.77. The Morgan fingerprint density at radius 2 is 2.00 bits per heavy atom. The minimum Gasteiger partial charge on any atom is -0.379 e. The van der Waals surface area contributed by atoms with Crippen molar-refractivity contribution in [3.8, 4) is 11.8 Å². The second kappa shape index (κ2) is 11.6. The largest absolute Gasteiger partial charge is 0.379 e. The van der Waals surface area contributed by atoms with Crippen LogP contribution in [-0.4, -0.2) is 38.2 Å². The summed E-state index contributed by atoms with van der Waals surface area (Å²) in [6.07, 6.45) is 10.7. The second-order valence-corrected chi connectivity index (χ2v) is 9.60. The number of nitriles is 1. The predicted molar refractivity (Wildman–Crippen MR) is 141 cm³/mol. The first-order valence-electron chi connectivity index (χ1n) is 12.8. The fourth-order valence-electron chi connectivity index (χ4n) is 4.99. The highest BCUT2D eigenvalue weighted by atomic mass is 16.6. The molecule has 0 spiro atoms. The van der Waals surface area contributed by atoms with Gasteiger partial charge in [0.1, 0.15) is 5.82 Å². The highest BCUT2D eigenvalue weighted by Gasteiger charge is 2.27. The van der Waals surface area contributed by atoms with Gasteiger partial charge in [0, 0.05) is 36.0 Å². The van der Waals surface area contributed by atoms with Gasteiger partial charge >= 0.3 is 0 Å². The van der Waals surface area contributed by atoms with Gasteiger partial charge in [-0.1, -0.05) is 25.3 Å². The standard InChI is InChI=1S/C26H32N10O/c27-16-17-5-4-8-21(13-17)37-36-25(28)30-20-10-9-18(14-20)22-15-24(35-34-22)32-23-11-12-29-26(33-23)31-19-6-2-1-3-7-19/h4-5,8,11-13,15,18-20H,1-3,6-7,9-10,14H2,(H3,28,30,36)(H3,29,31,32,33,34,35). The van der Waals surface area contributed by atoms with Crippen molar-refractivity contribution in [2.24, 2.45) is 10.7 Å². The average Bonchev–Trinajstić information content (AvgIpc) is 3.58. The molecule has 2 saturated carbocycles. The Morgan fingerprint density at radius 3 is 2.86 bits per heavy atom. The zero-order valence-corrected chi connectivity index (χ0v) is 20.7. The summed E-state index contributed by atoms with van der Waals surface area (Å²) in [4.78, 5) is 19.0. The van der Waals surface area contributed by atoms with Crippen molar-refractivity contribution in [1.29, 1.82) is 5.26 Å². The molecule has 2 fully saturated rings. The van der Waals surface area contributed by atoms with Crippen LogP contribution < -0.4 is 26.7 Å². The summed E-state index contributed by atoms with van der Waals surface area (Å²) in [6, 6.07) is 13.3. The minimum absolute atomic E-state index is 0.0848. The Bertz CT molecular complexity index is 1260. The highest BCUT2D eigenvalue weighted by Crippen LogP contribution is 2.36. The van der Waals surface area contributed by atoms with Crippen LogP contribution in [0.4, 0.5) is 17.6 Å². The van der Waals surface area contributed by atoms with E-state index in [9.17, 15) is 0 Å². The first-order chi connectivity index (χ1) is 18.1. The zero-order valence-electron chi connectivity index (χ0n) is 20.7. The summed E-state index contributed by atoms with van der Waals surface area (Å²) >= 11 is 0. The third-order valence-corrected chi connectivity index (χ3v) is 6.85. The number of nitrogens with one attached hydrogen (secondary N) is 4. The number of aliphatic imine (C=N–C) groups is 1. The van der Waals surface area contributed by atoms with E-state index >= 15 is 0 Å². The third-order valence-electron chi connectivity index (χ3n) is 6.85. The molecule has 2 aliphatic carbocycles. The maximum atomic E-state index is 9.00. The third kappa shape index (κ3) is 6.67. The Labute approximate surface area is 215 Å². The lowest BCUT2D eigenvalue weighted by Crippen LogP contribution is -2.35. The molecule has 0 saturated heterocycles. The van der Waals surface area contributed by atoms with E-state index in [0.717, 1.165) is 30.8 Å². The number of hydrogen-bond acceptors (Lipinski definition) is 8. The van der Waals surface area contributed by atoms with Crippen LogP contribution in [0.15, 0.2) is 47.6 Å². The molecule has 2 aromatic heterocycles. The monoisotopic (exact) mass is 500 g/mol. The van der Waals surface area contributed by atoms with Gasteiger partial charge < -0.3 is 21.2 Å². The number of rotatable bonds is 8. The molecule has 0 radical (unpaired) electrons. The van der Waals surface area contributed by atoms with Crippen LogP contribution >= 0.6 is 0 Å². The van der Waals surface area contributed by atoms with Crippen LogP contribution in [0, 0.1) is 11.3 Å². The molecule has 11 nitrogen and oxygen atoms in total. The fourth-order valence-corrected chi connectivity index (χ4v) is 4.99. The van der Waals surface area contributed by atoms with Crippen molar-refractivity contribution in [3.63, 3.8) is 0 Å². The Morgan fingerprint density at radius 1 is 1.11 bits per heavy atom. The number of H-pyrrole nitrogens is 1. The SMILES string of the molecule is N#Cc1cccc(ONC(N)=NC2CCC(c3cc(Nc4ccnc(NC5CCCCC5)n4)n[nH]3)C2)c1. The van der Waals surface area contributed by atoms with E-state index in [1.165, 1.54) is 32.1 Å². The van der Waals surface area contributed by atoms with E-state index in [1.54, 1.807) is 30.5 Å². The Balaban J connectivity index is 1.12. The van der Waals surface area contributed by atoms with Gasteiger partial charge in [0.25, 0.3) is 0 Å². The molecule has 2 heterocycles. The van der Waals surface area contributed by atoms with Gasteiger partial charge in [-0.15, -0.1) is 0 Å². The van der Waals surface area contributed by atoms with E-state index in [1.807, 2.05) is 12.1 Å². The van der Waals surface area contributed by atoms with Crippen molar-refractivity contribution < 1.29 is 4.84 Å². The first kappa shape index (κ1) is 24.4. The lowest BCUT2D eigenvalue weighted by atomic mass is 9.96. The quantitative estimate of drug-likeness (QED) is 0.174. The lowest BCUT2D eigenvalue weighted by molar-refractivity contribution is 0.259. The number of hydrogen-bond donors (Lipinski definition) is 5. The number of anilines is 3. The van der Waals surface area contributed by atoms with E-state index in [-0.39, 0.29) is 12.0 Å². The van der Waals surface area contributed by atoms with Crippen molar-refractivity contribution in [1.82, 2.24) is 25.6 Å². The maximum absolute atomic E-state index is 9.00. The molecule has 11 heteroatoms. The molecule has 192 valence electrons. The van der Waals surface area contributed by atoms with Gasteiger partial charge in [0.05, 0.1) is 17.7 Å². The minimum atomic E-state index is 0.0848. The molecule has 5 rings (SSSR count). The number of nitrogens with zero attached hydrogens (tertiary/aromatic N) is 5. The number of benzene rings is 1. The molecule has 6 N–H and O–H groups in total. The summed E-state index contributed by atoms with van der Waals surface area (Å²) in [5, 5.41) is 23.3. The van der Waals surface area contributed by atoms with Gasteiger partial charge in [-0.25, -0.2) is 9.98 Å². The van der Waals surface area contributed by atoms with Gasteiger partial charge in [0.15, 0.2) is 11.6 Å². The van der Waals surface area contributed by atoms with Crippen molar-refractivity contribution in [2.45, 2.75) is 69.4 Å². The molecule has 0 aliphatic heterocycles. The van der Waals surface area contributed by atoms with Gasteiger partial charge in [0.2, 0.25) is 11.9 Å². The van der Waals surface area contributed by atoms with E-state index in [4.69, 9.17) is 15.8 Å². The van der Waals surface area contributed by atoms with E-state index < -0.39 is 0 Å². The summed E-state index contributed by atoms with van der Waals surface area (Å²) in [7, 11) is 0. The van der Waals surface area contributed by atoms with Crippen LogP contribution in [0.2, 0.25) is 0 Å². The topological polar surface area (TPSA) is 162 Å². The Hall–Kier alpha value is -4.33. The van der Waals surface area contributed by atoms with Gasteiger partial charge in [-0.3, -0.25) is 5.10 Å². The summed E-state index contributed by atoms with van der Waals surface area (Å²) in [5.74, 6) is 3.10. The normalized spacial score (nSPS) is 20.2. The van der Waals surface area contributed by atoms with Gasteiger partial charge in [-0.05, 0) is 50.3 Å². The van der Waals surface area contributed by atoms with E-state index in [2.05, 4.69) is 47.3 Å². The summed E-state index contributed by atoms with van der Waals surface area (Å²) in [5.41, 5.74) is 10.3. The molecular formula is C26H32N10O. The average molecular weight is 501 g/mol. The van der Waals surface area contributed by atoms with Crippen LogP contribution in [0.5, 0.6) is 5.75 Å². The lowest BCUT2D eigenvalue weighted by Gasteiger charge is -2.22. The molecule has 3 aromatic rings. The number of aromatic amines is 1. The molecule has 2 unspecified atom stereocenters. The van der Waals surface area contributed by atoms with E-state index in [0.29, 0.717) is 35.0 Å². The van der Waals surface area contributed by atoms with Crippen molar-refractivity contribution in [2.75, 3.05) is 10.6 Å². The zero-order chi connectivity index (χ0) is 25.5.